The Kier molecular flexibility index (Phi) is 4.93. The highest BCUT2D eigenvalue weighted by atomic mass is 16.6. The summed E-state index contributed by atoms with van der Waals surface area (Å²) < 4.78 is 17.1. The predicted molar refractivity (Wildman–Crippen MR) is 106 cm³/mol. The van der Waals surface area contributed by atoms with E-state index in [1.807, 2.05) is 6.92 Å². The van der Waals surface area contributed by atoms with Crippen LogP contribution in [0, 0.1) is 29.1 Å². The number of carbonyl (C=O) groups excluding carboxylic acids is 2. The van der Waals surface area contributed by atoms with Crippen molar-refractivity contribution < 1.29 is 23.8 Å². The summed E-state index contributed by atoms with van der Waals surface area (Å²) in [6, 6.07) is 0. The van der Waals surface area contributed by atoms with Crippen LogP contribution in [0.2, 0.25) is 0 Å². The number of rotatable bonds is 4. The van der Waals surface area contributed by atoms with E-state index in [2.05, 4.69) is 11.8 Å². The van der Waals surface area contributed by atoms with Crippen LogP contribution in [0.5, 0.6) is 0 Å². The van der Waals surface area contributed by atoms with Crippen molar-refractivity contribution >= 4 is 11.9 Å². The lowest BCUT2D eigenvalue weighted by Gasteiger charge is -2.51. The summed E-state index contributed by atoms with van der Waals surface area (Å²) in [5.41, 5.74) is 0.356. The van der Waals surface area contributed by atoms with Crippen LogP contribution < -0.4 is 0 Å². The third-order valence-electron chi connectivity index (χ3n) is 8.74. The molecule has 2 saturated carbocycles. The molecule has 2 aliphatic carbocycles. The first-order valence-corrected chi connectivity index (χ1v) is 11.7. The van der Waals surface area contributed by atoms with Crippen molar-refractivity contribution in [3.63, 3.8) is 0 Å². The highest BCUT2D eigenvalue weighted by molar-refractivity contribution is 5.76. The number of ether oxygens (including phenoxy) is 3. The minimum atomic E-state index is -0.0638. The monoisotopic (exact) mass is 405 g/mol. The maximum Gasteiger partial charge on any atom is 0.310 e. The van der Waals surface area contributed by atoms with Gasteiger partial charge in [0.25, 0.3) is 0 Å². The smallest absolute Gasteiger partial charge is 0.310 e. The quantitative estimate of drug-likeness (QED) is 0.529. The zero-order chi connectivity index (χ0) is 20.2. The maximum atomic E-state index is 12.8. The van der Waals surface area contributed by atoms with Gasteiger partial charge in [-0.15, -0.1) is 0 Å². The summed E-state index contributed by atoms with van der Waals surface area (Å²) in [5, 5.41) is 0. The number of likely N-dealkylation sites (tertiary alicyclic amines) is 1. The second-order valence-electron chi connectivity index (χ2n) is 10.4. The van der Waals surface area contributed by atoms with Gasteiger partial charge < -0.3 is 19.1 Å². The first-order chi connectivity index (χ1) is 13.9. The molecule has 6 heteroatoms. The average Bonchev–Trinajstić information content (AvgIpc) is 3.40. The molecule has 3 saturated heterocycles. The molecule has 162 valence electrons. The van der Waals surface area contributed by atoms with Crippen LogP contribution in [0.3, 0.4) is 0 Å². The first-order valence-electron chi connectivity index (χ1n) is 11.7. The van der Waals surface area contributed by atoms with Gasteiger partial charge >= 0.3 is 11.9 Å². The Labute approximate surface area is 173 Å². The van der Waals surface area contributed by atoms with E-state index >= 15 is 0 Å². The minimum absolute atomic E-state index is 0.000489. The SMILES string of the molecule is CCOC(=O)C1CCN(CC2C(=O)O[C@@H]3C[C@@]4(C)CCCC5(CO5)C4C[C@H]23)CC1. The van der Waals surface area contributed by atoms with Gasteiger partial charge in [0.15, 0.2) is 0 Å². The summed E-state index contributed by atoms with van der Waals surface area (Å²) in [7, 11) is 0. The van der Waals surface area contributed by atoms with Crippen molar-refractivity contribution in [2.24, 2.45) is 29.1 Å². The van der Waals surface area contributed by atoms with Crippen LogP contribution in [-0.4, -0.2) is 61.4 Å². The molecule has 0 radical (unpaired) electrons. The molecule has 6 atom stereocenters. The number of hydrogen-bond acceptors (Lipinski definition) is 6. The van der Waals surface area contributed by atoms with Gasteiger partial charge in [-0.25, -0.2) is 0 Å². The molecule has 0 aromatic heterocycles. The highest BCUT2D eigenvalue weighted by Gasteiger charge is 2.65. The third-order valence-corrected chi connectivity index (χ3v) is 8.74. The van der Waals surface area contributed by atoms with Gasteiger partial charge in [-0.3, -0.25) is 9.59 Å². The van der Waals surface area contributed by atoms with Gasteiger partial charge in [-0.2, -0.15) is 0 Å². The molecule has 29 heavy (non-hydrogen) atoms. The molecule has 1 spiro atoms. The van der Waals surface area contributed by atoms with E-state index in [0.29, 0.717) is 18.4 Å². The molecule has 0 bridgehead atoms. The number of piperidine rings is 1. The minimum Gasteiger partial charge on any atom is -0.466 e. The number of fused-ring (bicyclic) bond motifs is 3. The summed E-state index contributed by atoms with van der Waals surface area (Å²) in [6.45, 7) is 8.10. The Bertz CT molecular complexity index is 668. The van der Waals surface area contributed by atoms with E-state index in [0.717, 1.165) is 51.9 Å². The third kappa shape index (κ3) is 3.40. The zero-order valence-corrected chi connectivity index (χ0v) is 17.9. The van der Waals surface area contributed by atoms with Crippen molar-refractivity contribution in [1.82, 2.24) is 4.90 Å². The van der Waals surface area contributed by atoms with Crippen molar-refractivity contribution in [2.75, 3.05) is 32.8 Å². The molecule has 3 aliphatic heterocycles. The van der Waals surface area contributed by atoms with E-state index in [9.17, 15) is 9.59 Å². The number of carbonyl (C=O) groups is 2. The Balaban J connectivity index is 1.23. The van der Waals surface area contributed by atoms with Crippen molar-refractivity contribution in [2.45, 2.75) is 70.5 Å². The van der Waals surface area contributed by atoms with E-state index in [1.165, 1.54) is 19.3 Å². The number of nitrogens with zero attached hydrogens (tertiary/aromatic N) is 1. The molecule has 0 aromatic carbocycles. The van der Waals surface area contributed by atoms with Gasteiger partial charge in [-0.05, 0) is 76.3 Å². The Morgan fingerprint density at radius 2 is 2.03 bits per heavy atom. The van der Waals surface area contributed by atoms with Crippen LogP contribution in [0.1, 0.15) is 58.8 Å². The predicted octanol–water partition coefficient (Wildman–Crippen LogP) is 2.79. The Hall–Kier alpha value is -1.14. The zero-order valence-electron chi connectivity index (χ0n) is 17.9. The van der Waals surface area contributed by atoms with Crippen LogP contribution >= 0.6 is 0 Å². The van der Waals surface area contributed by atoms with Crippen molar-refractivity contribution in [3.05, 3.63) is 0 Å². The van der Waals surface area contributed by atoms with Crippen LogP contribution in [0.25, 0.3) is 0 Å². The molecule has 5 rings (SSSR count). The van der Waals surface area contributed by atoms with Crippen LogP contribution in [0.15, 0.2) is 0 Å². The molecular formula is C23H35NO5. The van der Waals surface area contributed by atoms with Crippen LogP contribution in [0.4, 0.5) is 0 Å². The summed E-state index contributed by atoms with van der Waals surface area (Å²) in [4.78, 5) is 27.2. The maximum absolute atomic E-state index is 12.8. The van der Waals surface area contributed by atoms with E-state index in [4.69, 9.17) is 14.2 Å². The highest BCUT2D eigenvalue weighted by Crippen LogP contribution is 2.62. The van der Waals surface area contributed by atoms with Gasteiger partial charge in [0.1, 0.15) is 6.10 Å². The van der Waals surface area contributed by atoms with E-state index in [-0.39, 0.29) is 40.9 Å². The normalized spacial score (nSPS) is 44.8. The molecule has 0 amide bonds. The Morgan fingerprint density at radius 1 is 1.28 bits per heavy atom. The summed E-state index contributed by atoms with van der Waals surface area (Å²) >= 11 is 0. The molecule has 3 heterocycles. The number of epoxide rings is 1. The fraction of sp³-hybridized carbons (Fsp3) is 0.913. The van der Waals surface area contributed by atoms with Gasteiger partial charge in [-0.1, -0.05) is 6.92 Å². The molecule has 0 aromatic rings. The fourth-order valence-electron chi connectivity index (χ4n) is 7.06. The van der Waals surface area contributed by atoms with Gasteiger partial charge in [0.05, 0.1) is 30.7 Å². The molecule has 6 nitrogen and oxygen atoms in total. The second kappa shape index (κ2) is 7.23. The molecular weight excluding hydrogens is 370 g/mol. The van der Waals surface area contributed by atoms with Gasteiger partial charge in [0, 0.05) is 12.5 Å². The van der Waals surface area contributed by atoms with Gasteiger partial charge in [0.2, 0.25) is 0 Å². The Morgan fingerprint density at radius 3 is 2.72 bits per heavy atom. The number of hydrogen-bond donors (Lipinski definition) is 0. The second-order valence-corrected chi connectivity index (χ2v) is 10.4. The molecule has 0 N–H and O–H groups in total. The lowest BCUT2D eigenvalue weighted by atomic mass is 9.53. The standard InChI is InChI=1S/C23H35NO5/c1-3-27-20(25)15-5-9-24(10-6-15)13-17-16-11-19-22(2,12-18(16)29-21(17)26)7-4-8-23(19)14-28-23/h15-19H,3-14H2,1-2H3/t16-,17?,18-,19?,22-,23?/m1/s1. The van der Waals surface area contributed by atoms with Crippen molar-refractivity contribution in [3.8, 4) is 0 Å². The largest absolute Gasteiger partial charge is 0.466 e. The topological polar surface area (TPSA) is 68.4 Å². The van der Waals surface area contributed by atoms with Crippen LogP contribution in [-0.2, 0) is 23.8 Å². The van der Waals surface area contributed by atoms with E-state index < -0.39 is 0 Å². The van der Waals surface area contributed by atoms with Crippen molar-refractivity contribution in [1.29, 1.82) is 0 Å². The fourth-order valence-corrected chi connectivity index (χ4v) is 7.06. The molecule has 5 fully saturated rings. The lowest BCUT2D eigenvalue weighted by Crippen LogP contribution is -2.51. The lowest BCUT2D eigenvalue weighted by molar-refractivity contribution is -0.150. The number of esters is 2. The summed E-state index contributed by atoms with van der Waals surface area (Å²) in [6.07, 6.45) is 7.45. The molecule has 5 aliphatic rings. The molecule has 3 unspecified atom stereocenters. The average molecular weight is 406 g/mol. The first kappa shape index (κ1) is 19.8. The van der Waals surface area contributed by atoms with E-state index in [1.54, 1.807) is 0 Å². The summed E-state index contributed by atoms with van der Waals surface area (Å²) in [5.74, 6) is 0.811.